The van der Waals surface area contributed by atoms with Crippen LogP contribution >= 0.6 is 0 Å². The van der Waals surface area contributed by atoms with Gasteiger partial charge in [-0.05, 0) is 36.0 Å². The molecule has 2 aromatic rings. The summed E-state index contributed by atoms with van der Waals surface area (Å²) in [6, 6.07) is 12.7. The van der Waals surface area contributed by atoms with E-state index in [4.69, 9.17) is 11.1 Å². The van der Waals surface area contributed by atoms with Crippen LogP contribution in [0.15, 0.2) is 42.5 Å². The molecule has 1 aliphatic carbocycles. The molecule has 0 aromatic heterocycles. The zero-order valence-corrected chi connectivity index (χ0v) is 10.5. The summed E-state index contributed by atoms with van der Waals surface area (Å²) >= 11 is 0. The molecule has 0 bridgehead atoms. The maximum Gasteiger partial charge on any atom is 0.131 e. The van der Waals surface area contributed by atoms with Crippen LogP contribution in [0.3, 0.4) is 0 Å². The molecule has 1 fully saturated rings. The van der Waals surface area contributed by atoms with Crippen molar-refractivity contribution >= 4 is 5.84 Å². The molecule has 2 nitrogen and oxygen atoms in total. The van der Waals surface area contributed by atoms with E-state index in [-0.39, 0.29) is 11.7 Å². The van der Waals surface area contributed by atoms with Crippen LogP contribution < -0.4 is 5.73 Å². The van der Waals surface area contributed by atoms with Gasteiger partial charge in [0.15, 0.2) is 0 Å². The smallest absolute Gasteiger partial charge is 0.131 e. The van der Waals surface area contributed by atoms with Crippen LogP contribution in [0.5, 0.6) is 0 Å². The van der Waals surface area contributed by atoms with Crippen LogP contribution in [-0.4, -0.2) is 5.84 Å². The van der Waals surface area contributed by atoms with Gasteiger partial charge in [-0.1, -0.05) is 36.4 Å². The molecule has 3 N–H and O–H groups in total. The summed E-state index contributed by atoms with van der Waals surface area (Å²) in [4.78, 5) is 0. The monoisotopic (exact) mass is 254 g/mol. The van der Waals surface area contributed by atoms with Crippen molar-refractivity contribution in [2.75, 3.05) is 0 Å². The number of amidine groups is 1. The number of rotatable bonds is 3. The van der Waals surface area contributed by atoms with Gasteiger partial charge in [-0.2, -0.15) is 0 Å². The van der Waals surface area contributed by atoms with Crippen LogP contribution in [-0.2, 0) is 0 Å². The second kappa shape index (κ2) is 4.50. The SMILES string of the molecule is N=C(N)c1ccc(-c2ccc(C3CC3)cc2)c(F)c1. The summed E-state index contributed by atoms with van der Waals surface area (Å²) < 4.78 is 14.0. The summed E-state index contributed by atoms with van der Waals surface area (Å²) in [5, 5.41) is 7.30. The Morgan fingerprint density at radius 2 is 1.79 bits per heavy atom. The van der Waals surface area contributed by atoms with Crippen molar-refractivity contribution in [1.82, 2.24) is 0 Å². The lowest BCUT2D eigenvalue weighted by atomic mass is 10.0. The molecule has 0 amide bonds. The van der Waals surface area contributed by atoms with E-state index >= 15 is 0 Å². The van der Waals surface area contributed by atoms with E-state index < -0.39 is 0 Å². The normalized spacial score (nSPS) is 14.4. The van der Waals surface area contributed by atoms with Crippen molar-refractivity contribution in [3.63, 3.8) is 0 Å². The molecule has 96 valence electrons. The predicted octanol–water partition coefficient (Wildman–Crippen LogP) is 3.65. The largest absolute Gasteiger partial charge is 0.384 e. The van der Waals surface area contributed by atoms with Gasteiger partial charge in [0.25, 0.3) is 0 Å². The van der Waals surface area contributed by atoms with Crippen LogP contribution in [0.25, 0.3) is 11.1 Å². The Morgan fingerprint density at radius 1 is 1.11 bits per heavy atom. The molecule has 0 aliphatic heterocycles. The third-order valence-corrected chi connectivity index (χ3v) is 3.55. The van der Waals surface area contributed by atoms with E-state index in [2.05, 4.69) is 12.1 Å². The van der Waals surface area contributed by atoms with Gasteiger partial charge in [-0.3, -0.25) is 5.41 Å². The van der Waals surface area contributed by atoms with Gasteiger partial charge in [-0.25, -0.2) is 4.39 Å². The lowest BCUT2D eigenvalue weighted by molar-refractivity contribution is 0.631. The molecular formula is C16H15FN2. The molecule has 0 unspecified atom stereocenters. The van der Waals surface area contributed by atoms with E-state index in [9.17, 15) is 4.39 Å². The molecule has 3 rings (SSSR count). The minimum Gasteiger partial charge on any atom is -0.384 e. The van der Waals surface area contributed by atoms with Crippen molar-refractivity contribution < 1.29 is 4.39 Å². The molecule has 1 saturated carbocycles. The van der Waals surface area contributed by atoms with Gasteiger partial charge in [0.05, 0.1) is 0 Å². The molecule has 3 heteroatoms. The van der Waals surface area contributed by atoms with E-state index in [0.29, 0.717) is 17.0 Å². The summed E-state index contributed by atoms with van der Waals surface area (Å²) in [5.74, 6) is 0.250. The van der Waals surface area contributed by atoms with Crippen molar-refractivity contribution in [2.24, 2.45) is 5.73 Å². The second-order valence-corrected chi connectivity index (χ2v) is 5.00. The average molecular weight is 254 g/mol. The van der Waals surface area contributed by atoms with Crippen molar-refractivity contribution in [2.45, 2.75) is 18.8 Å². The first kappa shape index (κ1) is 11.9. The van der Waals surface area contributed by atoms with E-state index in [1.54, 1.807) is 12.1 Å². The Kier molecular flexibility index (Phi) is 2.82. The fourth-order valence-electron chi connectivity index (χ4n) is 2.27. The fraction of sp³-hybridized carbons (Fsp3) is 0.188. The van der Waals surface area contributed by atoms with Gasteiger partial charge in [0, 0.05) is 11.1 Å². The highest BCUT2D eigenvalue weighted by molar-refractivity contribution is 5.95. The first-order valence-corrected chi connectivity index (χ1v) is 6.39. The Morgan fingerprint density at radius 3 is 2.32 bits per heavy atom. The van der Waals surface area contributed by atoms with E-state index in [1.807, 2.05) is 12.1 Å². The summed E-state index contributed by atoms with van der Waals surface area (Å²) in [6.07, 6.45) is 2.53. The summed E-state index contributed by atoms with van der Waals surface area (Å²) in [6.45, 7) is 0. The highest BCUT2D eigenvalue weighted by atomic mass is 19.1. The minimum absolute atomic E-state index is 0.116. The van der Waals surface area contributed by atoms with Crippen LogP contribution in [0.1, 0.15) is 29.9 Å². The predicted molar refractivity (Wildman–Crippen MR) is 74.8 cm³/mol. The lowest BCUT2D eigenvalue weighted by Crippen LogP contribution is -2.11. The van der Waals surface area contributed by atoms with Crippen LogP contribution in [0.2, 0.25) is 0 Å². The van der Waals surface area contributed by atoms with E-state index in [0.717, 1.165) is 5.56 Å². The third kappa shape index (κ3) is 2.36. The van der Waals surface area contributed by atoms with E-state index in [1.165, 1.54) is 24.5 Å². The van der Waals surface area contributed by atoms with Gasteiger partial charge in [0.1, 0.15) is 11.7 Å². The number of hydrogen-bond donors (Lipinski definition) is 2. The van der Waals surface area contributed by atoms with Crippen molar-refractivity contribution in [3.8, 4) is 11.1 Å². The molecule has 0 atom stereocenters. The Bertz CT molecular complexity index is 628. The zero-order chi connectivity index (χ0) is 13.4. The Balaban J connectivity index is 1.94. The molecule has 0 heterocycles. The number of nitrogens with two attached hydrogens (primary N) is 1. The maximum atomic E-state index is 14.0. The number of halogens is 1. The number of benzene rings is 2. The van der Waals surface area contributed by atoms with Crippen LogP contribution in [0, 0.1) is 11.2 Å². The first-order valence-electron chi connectivity index (χ1n) is 6.39. The first-order chi connectivity index (χ1) is 9.15. The van der Waals surface area contributed by atoms with Gasteiger partial charge < -0.3 is 5.73 Å². The topological polar surface area (TPSA) is 49.9 Å². The van der Waals surface area contributed by atoms with Gasteiger partial charge >= 0.3 is 0 Å². The second-order valence-electron chi connectivity index (χ2n) is 5.00. The molecule has 2 aromatic carbocycles. The number of nitrogen functional groups attached to an aromatic ring is 1. The van der Waals surface area contributed by atoms with Gasteiger partial charge in [-0.15, -0.1) is 0 Å². The average Bonchev–Trinajstić information content (AvgIpc) is 3.23. The highest BCUT2D eigenvalue weighted by Crippen LogP contribution is 2.40. The standard InChI is InChI=1S/C16H15FN2/c17-15-9-13(16(18)19)7-8-14(15)12-5-3-11(4-6-12)10-1-2-10/h3-10H,1-2H2,(H3,18,19). The zero-order valence-electron chi connectivity index (χ0n) is 10.5. The minimum atomic E-state index is -0.341. The lowest BCUT2D eigenvalue weighted by Gasteiger charge is -2.07. The van der Waals surface area contributed by atoms with Gasteiger partial charge in [0.2, 0.25) is 0 Å². The van der Waals surface area contributed by atoms with Crippen molar-refractivity contribution in [1.29, 1.82) is 5.41 Å². The number of nitrogens with one attached hydrogen (secondary N) is 1. The summed E-state index contributed by atoms with van der Waals surface area (Å²) in [5.41, 5.74) is 8.51. The Labute approximate surface area is 111 Å². The maximum absolute atomic E-state index is 14.0. The quantitative estimate of drug-likeness (QED) is 0.637. The molecule has 0 radical (unpaired) electrons. The van der Waals surface area contributed by atoms with Crippen molar-refractivity contribution in [3.05, 3.63) is 59.4 Å². The molecular weight excluding hydrogens is 239 g/mol. The number of hydrogen-bond acceptors (Lipinski definition) is 1. The molecule has 0 spiro atoms. The molecule has 19 heavy (non-hydrogen) atoms. The third-order valence-electron chi connectivity index (χ3n) is 3.55. The highest BCUT2D eigenvalue weighted by Gasteiger charge is 2.23. The Hall–Kier alpha value is -2.16. The fourth-order valence-corrected chi connectivity index (χ4v) is 2.27. The molecule has 0 saturated heterocycles. The summed E-state index contributed by atoms with van der Waals surface area (Å²) in [7, 11) is 0. The van der Waals surface area contributed by atoms with Crippen LogP contribution in [0.4, 0.5) is 4.39 Å². The molecule has 1 aliphatic rings.